The van der Waals surface area contributed by atoms with E-state index >= 15 is 0 Å². The fourth-order valence-electron chi connectivity index (χ4n) is 4.62. The van der Waals surface area contributed by atoms with Gasteiger partial charge in [0.05, 0.1) is 0 Å². The normalized spacial score (nSPS) is 12.0. The summed E-state index contributed by atoms with van der Waals surface area (Å²) in [6.07, 6.45) is 0. The lowest BCUT2D eigenvalue weighted by Gasteiger charge is -2.10. The Bertz CT molecular complexity index is 1630. The number of aromatic nitrogens is 2. The summed E-state index contributed by atoms with van der Waals surface area (Å²) in [5.41, 5.74) is 5.73. The Balaban J connectivity index is 1.74. The topological polar surface area (TPSA) is 38.9 Å². The number of benzene rings is 4. The zero-order valence-electron chi connectivity index (χ0n) is 17.8. The van der Waals surface area contributed by atoms with E-state index in [0.717, 1.165) is 44.5 Å². The number of rotatable bonds is 2. The van der Waals surface area contributed by atoms with Gasteiger partial charge in [0.1, 0.15) is 22.6 Å². The number of hydrogen-bond donors (Lipinski definition) is 0. The first kappa shape index (κ1) is 18.1. The second kappa shape index (κ2) is 6.64. The Hall–Kier alpha value is -3.72. The van der Waals surface area contributed by atoms with Gasteiger partial charge in [-0.3, -0.25) is 0 Å². The van der Waals surface area contributed by atoms with Gasteiger partial charge in [0.25, 0.3) is 0 Å². The predicted molar refractivity (Wildman–Crippen MR) is 129 cm³/mol. The molecule has 0 saturated carbocycles. The van der Waals surface area contributed by atoms with Gasteiger partial charge >= 0.3 is 0 Å². The number of hydrogen-bond acceptors (Lipinski definition) is 3. The number of aryl methyl sites for hydroxylation is 1. The minimum absolute atomic E-state index is 0.405. The first-order valence-corrected chi connectivity index (χ1v) is 10.7. The molecule has 3 nitrogen and oxygen atoms in total. The van der Waals surface area contributed by atoms with Crippen LogP contribution in [0.1, 0.15) is 31.2 Å². The maximum atomic E-state index is 6.53. The van der Waals surface area contributed by atoms with Crippen LogP contribution >= 0.6 is 0 Å². The third-order valence-electron chi connectivity index (χ3n) is 6.11. The van der Waals surface area contributed by atoms with Crippen LogP contribution in [0.25, 0.3) is 54.9 Å². The Morgan fingerprint density at radius 1 is 0.710 bits per heavy atom. The van der Waals surface area contributed by atoms with Crippen molar-refractivity contribution >= 4 is 43.6 Å². The van der Waals surface area contributed by atoms with Crippen molar-refractivity contribution in [1.29, 1.82) is 0 Å². The molecule has 4 aromatic carbocycles. The first-order valence-electron chi connectivity index (χ1n) is 10.7. The molecule has 0 N–H and O–H groups in total. The van der Waals surface area contributed by atoms with Crippen molar-refractivity contribution < 1.29 is 4.42 Å². The van der Waals surface area contributed by atoms with Crippen LogP contribution in [0.2, 0.25) is 0 Å². The second-order valence-electron chi connectivity index (χ2n) is 8.50. The molecule has 0 atom stereocenters. The van der Waals surface area contributed by atoms with Gasteiger partial charge in [-0.2, -0.15) is 0 Å². The smallest absolute Gasteiger partial charge is 0.180 e. The summed E-state index contributed by atoms with van der Waals surface area (Å²) in [5.74, 6) is 1.15. The molecule has 0 aliphatic rings. The molecule has 2 aromatic heterocycles. The lowest BCUT2D eigenvalue weighted by Crippen LogP contribution is -1.93. The Morgan fingerprint density at radius 3 is 2.26 bits per heavy atom. The van der Waals surface area contributed by atoms with Crippen molar-refractivity contribution in [2.45, 2.75) is 26.7 Å². The third-order valence-corrected chi connectivity index (χ3v) is 6.11. The van der Waals surface area contributed by atoms with Gasteiger partial charge < -0.3 is 4.42 Å². The van der Waals surface area contributed by atoms with E-state index in [1.807, 2.05) is 6.92 Å². The zero-order valence-corrected chi connectivity index (χ0v) is 17.8. The predicted octanol–water partition coefficient (Wildman–Crippen LogP) is 7.78. The van der Waals surface area contributed by atoms with Crippen LogP contribution in [0.3, 0.4) is 0 Å². The van der Waals surface area contributed by atoms with Crippen LogP contribution in [-0.4, -0.2) is 9.97 Å². The second-order valence-corrected chi connectivity index (χ2v) is 8.50. The lowest BCUT2D eigenvalue weighted by molar-refractivity contribution is 0.670. The molecule has 3 heteroatoms. The van der Waals surface area contributed by atoms with Crippen LogP contribution in [0, 0.1) is 6.92 Å². The molecule has 0 aliphatic carbocycles. The maximum absolute atomic E-state index is 6.53. The molecular weight excluding hydrogens is 380 g/mol. The summed E-state index contributed by atoms with van der Waals surface area (Å²) in [6, 6.07) is 25.6. The van der Waals surface area contributed by atoms with Gasteiger partial charge in [0, 0.05) is 16.3 Å². The van der Waals surface area contributed by atoms with Crippen molar-refractivity contribution in [3.63, 3.8) is 0 Å². The highest BCUT2D eigenvalue weighted by Crippen LogP contribution is 2.40. The SMILES string of the molecule is Cc1nc(-c2ccc3ccccc3c2)c2oc3c4ccccc4c(C(C)C)cc3c2n1. The maximum Gasteiger partial charge on any atom is 0.180 e. The molecule has 2 heterocycles. The third kappa shape index (κ3) is 2.73. The molecule has 0 aliphatic heterocycles. The average Bonchev–Trinajstić information content (AvgIpc) is 3.16. The van der Waals surface area contributed by atoms with E-state index in [0.29, 0.717) is 5.92 Å². The molecule has 0 spiro atoms. The Morgan fingerprint density at radius 2 is 1.45 bits per heavy atom. The Labute approximate surface area is 180 Å². The fraction of sp³-hybridized carbons (Fsp3) is 0.143. The molecule has 0 bridgehead atoms. The van der Waals surface area contributed by atoms with Gasteiger partial charge in [-0.05, 0) is 46.7 Å². The monoisotopic (exact) mass is 402 g/mol. The summed E-state index contributed by atoms with van der Waals surface area (Å²) in [7, 11) is 0. The molecule has 6 rings (SSSR count). The number of nitrogens with zero attached hydrogens (tertiary/aromatic N) is 2. The molecular formula is C28H22N2O. The summed E-state index contributed by atoms with van der Waals surface area (Å²) in [4.78, 5) is 9.62. The molecule has 150 valence electrons. The molecule has 0 radical (unpaired) electrons. The highest BCUT2D eigenvalue weighted by Gasteiger charge is 2.20. The van der Waals surface area contributed by atoms with Crippen molar-refractivity contribution in [3.05, 3.63) is 84.2 Å². The molecule has 0 fully saturated rings. The van der Waals surface area contributed by atoms with Gasteiger partial charge in [0.2, 0.25) is 0 Å². The molecule has 31 heavy (non-hydrogen) atoms. The van der Waals surface area contributed by atoms with Gasteiger partial charge in [-0.15, -0.1) is 0 Å². The highest BCUT2D eigenvalue weighted by atomic mass is 16.3. The summed E-state index contributed by atoms with van der Waals surface area (Å²) >= 11 is 0. The van der Waals surface area contributed by atoms with Crippen LogP contribution in [0.15, 0.2) is 77.2 Å². The largest absolute Gasteiger partial charge is 0.451 e. The standard InChI is InChI=1S/C28H22N2O/c1-16(2)23-15-24-26-28(31-27(24)22-11-7-6-10-21(22)23)25(29-17(3)30-26)20-13-12-18-8-4-5-9-19(18)14-20/h4-16H,1-3H3. The molecule has 0 unspecified atom stereocenters. The average molecular weight is 402 g/mol. The van der Waals surface area contributed by atoms with E-state index in [4.69, 9.17) is 14.4 Å². The van der Waals surface area contributed by atoms with Crippen molar-refractivity contribution in [3.8, 4) is 11.3 Å². The molecule has 0 amide bonds. The van der Waals surface area contributed by atoms with Crippen LogP contribution < -0.4 is 0 Å². The molecule has 0 saturated heterocycles. The Kier molecular flexibility index (Phi) is 3.87. The lowest BCUT2D eigenvalue weighted by atomic mass is 9.94. The minimum Gasteiger partial charge on any atom is -0.451 e. The number of furan rings is 1. The van der Waals surface area contributed by atoms with E-state index in [9.17, 15) is 0 Å². The van der Waals surface area contributed by atoms with Gasteiger partial charge in [-0.1, -0.05) is 74.5 Å². The zero-order chi connectivity index (χ0) is 21.1. The van der Waals surface area contributed by atoms with Gasteiger partial charge in [0.15, 0.2) is 5.58 Å². The van der Waals surface area contributed by atoms with E-state index in [1.54, 1.807) is 0 Å². The van der Waals surface area contributed by atoms with Gasteiger partial charge in [-0.25, -0.2) is 9.97 Å². The summed E-state index contributed by atoms with van der Waals surface area (Å²) < 4.78 is 6.53. The van der Waals surface area contributed by atoms with Crippen LogP contribution in [0.4, 0.5) is 0 Å². The molecule has 6 aromatic rings. The van der Waals surface area contributed by atoms with E-state index in [-0.39, 0.29) is 0 Å². The van der Waals surface area contributed by atoms with E-state index < -0.39 is 0 Å². The number of fused-ring (bicyclic) bond motifs is 6. The van der Waals surface area contributed by atoms with Crippen molar-refractivity contribution in [2.75, 3.05) is 0 Å². The highest BCUT2D eigenvalue weighted by molar-refractivity contribution is 6.16. The summed E-state index contributed by atoms with van der Waals surface area (Å²) in [6.45, 7) is 6.42. The van der Waals surface area contributed by atoms with Crippen LogP contribution in [-0.2, 0) is 0 Å². The fourth-order valence-corrected chi connectivity index (χ4v) is 4.62. The quantitative estimate of drug-likeness (QED) is 0.297. The van der Waals surface area contributed by atoms with E-state index in [1.165, 1.54) is 21.7 Å². The van der Waals surface area contributed by atoms with Crippen molar-refractivity contribution in [2.24, 2.45) is 0 Å². The summed E-state index contributed by atoms with van der Waals surface area (Å²) in [5, 5.41) is 5.83. The van der Waals surface area contributed by atoms with E-state index in [2.05, 4.69) is 86.6 Å². The van der Waals surface area contributed by atoms with Crippen LogP contribution in [0.5, 0.6) is 0 Å². The first-order chi connectivity index (χ1) is 15.1. The minimum atomic E-state index is 0.405. The van der Waals surface area contributed by atoms with Crippen molar-refractivity contribution in [1.82, 2.24) is 9.97 Å².